The molecule has 9 heteroatoms. The molecule has 1 saturated carbocycles. The van der Waals surface area contributed by atoms with Crippen LogP contribution in [0.4, 0.5) is 4.39 Å². The van der Waals surface area contributed by atoms with Crippen molar-refractivity contribution in [2.24, 2.45) is 0 Å². The number of H-pyrrole nitrogens is 1. The maximum atomic E-state index is 14.1. The van der Waals surface area contributed by atoms with E-state index in [2.05, 4.69) is 29.9 Å². The van der Waals surface area contributed by atoms with Gasteiger partial charge in [-0.05, 0) is 43.5 Å². The quantitative estimate of drug-likeness (QED) is 0.737. The van der Waals surface area contributed by atoms with Crippen molar-refractivity contribution in [3.05, 3.63) is 64.3 Å². The molecule has 1 fully saturated rings. The number of aromatic amines is 1. The number of hydrogen-bond acceptors (Lipinski definition) is 6. The summed E-state index contributed by atoms with van der Waals surface area (Å²) in [6, 6.07) is 5.94. The second-order valence-corrected chi connectivity index (χ2v) is 6.10. The smallest absolute Gasteiger partial charge is 0.341 e. The number of rotatable bonds is 4. The van der Waals surface area contributed by atoms with Crippen molar-refractivity contribution in [3.8, 4) is 11.5 Å². The first-order chi connectivity index (χ1) is 12.6. The Bertz CT molecular complexity index is 1010. The monoisotopic (exact) mass is 355 g/mol. The zero-order valence-electron chi connectivity index (χ0n) is 13.5. The van der Waals surface area contributed by atoms with Crippen molar-refractivity contribution in [1.82, 2.24) is 25.4 Å². The normalized spacial score (nSPS) is 15.3. The second kappa shape index (κ2) is 6.17. The zero-order chi connectivity index (χ0) is 18.1. The van der Waals surface area contributed by atoms with Crippen molar-refractivity contribution in [2.75, 3.05) is 0 Å². The summed E-state index contributed by atoms with van der Waals surface area (Å²) < 4.78 is 18.6. The van der Waals surface area contributed by atoms with E-state index in [-0.39, 0.29) is 17.4 Å². The summed E-state index contributed by atoms with van der Waals surface area (Å²) in [6.07, 6.45) is 5.00. The van der Waals surface area contributed by atoms with Crippen LogP contribution in [0.2, 0.25) is 0 Å². The van der Waals surface area contributed by atoms with Gasteiger partial charge in [-0.3, -0.25) is 24.3 Å². The van der Waals surface area contributed by atoms with Crippen molar-refractivity contribution in [3.63, 3.8) is 0 Å². The lowest BCUT2D eigenvalue weighted by Crippen LogP contribution is -2.51. The van der Waals surface area contributed by atoms with E-state index in [1.54, 1.807) is 6.07 Å². The highest BCUT2D eigenvalue weighted by atomic mass is 19.1. The van der Waals surface area contributed by atoms with E-state index in [1.165, 1.54) is 30.6 Å². The molecule has 0 atom stereocenters. The summed E-state index contributed by atoms with van der Waals surface area (Å²) >= 11 is 0. The molecule has 132 valence electrons. The molecule has 0 radical (unpaired) electrons. The highest BCUT2D eigenvalue weighted by Gasteiger charge is 2.43. The molecule has 1 aliphatic carbocycles. The summed E-state index contributed by atoms with van der Waals surface area (Å²) in [6.45, 7) is 0. The molecule has 0 spiro atoms. The van der Waals surface area contributed by atoms with Crippen LogP contribution in [0.15, 0.2) is 46.0 Å². The average Bonchev–Trinajstić information content (AvgIpc) is 3.05. The third-order valence-electron chi connectivity index (χ3n) is 4.48. The van der Waals surface area contributed by atoms with Crippen LogP contribution in [0.1, 0.15) is 35.3 Å². The highest BCUT2D eigenvalue weighted by Crippen LogP contribution is 2.41. The predicted molar refractivity (Wildman–Crippen MR) is 87.5 cm³/mol. The van der Waals surface area contributed by atoms with Gasteiger partial charge in [0.1, 0.15) is 17.2 Å². The van der Waals surface area contributed by atoms with Gasteiger partial charge in [0.05, 0.1) is 11.1 Å². The summed E-state index contributed by atoms with van der Waals surface area (Å²) in [5.74, 6) is -1.32. The first-order valence-electron chi connectivity index (χ1n) is 8.03. The maximum absolute atomic E-state index is 14.1. The molecular weight excluding hydrogens is 341 g/mol. The van der Waals surface area contributed by atoms with Crippen molar-refractivity contribution < 1.29 is 13.7 Å². The maximum Gasteiger partial charge on any atom is 0.439 e. The van der Waals surface area contributed by atoms with Crippen molar-refractivity contribution in [2.45, 2.75) is 24.8 Å². The van der Waals surface area contributed by atoms with E-state index in [0.717, 1.165) is 6.42 Å². The fourth-order valence-electron chi connectivity index (χ4n) is 2.99. The summed E-state index contributed by atoms with van der Waals surface area (Å²) in [5.41, 5.74) is 0.131. The molecule has 1 aliphatic rings. The van der Waals surface area contributed by atoms with Crippen LogP contribution < -0.4 is 11.1 Å². The first-order valence-corrected chi connectivity index (χ1v) is 8.03. The molecule has 0 bridgehead atoms. The minimum atomic E-state index is -0.793. The van der Waals surface area contributed by atoms with Gasteiger partial charge in [0.15, 0.2) is 0 Å². The van der Waals surface area contributed by atoms with Crippen LogP contribution in [0.3, 0.4) is 0 Å². The Kier molecular flexibility index (Phi) is 3.83. The molecule has 4 rings (SSSR count). The van der Waals surface area contributed by atoms with E-state index in [0.29, 0.717) is 24.1 Å². The first kappa shape index (κ1) is 16.1. The van der Waals surface area contributed by atoms with E-state index in [9.17, 15) is 14.0 Å². The number of nitrogens with zero attached hydrogens (tertiary/aromatic N) is 3. The van der Waals surface area contributed by atoms with E-state index < -0.39 is 17.1 Å². The number of hydrogen-bond donors (Lipinski definition) is 2. The van der Waals surface area contributed by atoms with Gasteiger partial charge in [0, 0.05) is 12.4 Å². The highest BCUT2D eigenvalue weighted by molar-refractivity contribution is 5.94. The molecule has 0 aromatic carbocycles. The zero-order valence-corrected chi connectivity index (χ0v) is 13.5. The fraction of sp³-hybridized carbons (Fsp3) is 0.235. The van der Waals surface area contributed by atoms with Gasteiger partial charge in [0.2, 0.25) is 5.82 Å². The second-order valence-electron chi connectivity index (χ2n) is 6.10. The van der Waals surface area contributed by atoms with Gasteiger partial charge in [-0.2, -0.15) is 0 Å². The Hall–Kier alpha value is -3.36. The van der Waals surface area contributed by atoms with Crippen molar-refractivity contribution in [1.29, 1.82) is 0 Å². The Morgan fingerprint density at radius 1 is 1.27 bits per heavy atom. The number of carbonyl (C=O) groups is 1. The number of pyridine rings is 2. The van der Waals surface area contributed by atoms with Gasteiger partial charge in [-0.1, -0.05) is 5.16 Å². The molecule has 3 heterocycles. The fourth-order valence-corrected chi connectivity index (χ4v) is 2.99. The average molecular weight is 355 g/mol. The molecule has 0 unspecified atom stereocenters. The number of halogens is 1. The lowest BCUT2D eigenvalue weighted by atomic mass is 9.73. The molecule has 26 heavy (non-hydrogen) atoms. The predicted octanol–water partition coefficient (Wildman–Crippen LogP) is 1.77. The van der Waals surface area contributed by atoms with Crippen LogP contribution in [0.25, 0.3) is 11.5 Å². The van der Waals surface area contributed by atoms with Gasteiger partial charge in [0.25, 0.3) is 5.91 Å². The molecule has 3 aromatic heterocycles. The minimum Gasteiger partial charge on any atom is -0.341 e. The minimum absolute atomic E-state index is 0.174. The molecule has 0 aliphatic heterocycles. The van der Waals surface area contributed by atoms with Crippen LogP contribution in [0.5, 0.6) is 0 Å². The van der Waals surface area contributed by atoms with Gasteiger partial charge >= 0.3 is 5.76 Å². The topological polar surface area (TPSA) is 114 Å². The lowest BCUT2D eigenvalue weighted by molar-refractivity contribution is 0.0810. The Morgan fingerprint density at radius 3 is 2.69 bits per heavy atom. The van der Waals surface area contributed by atoms with E-state index >= 15 is 0 Å². The molecule has 3 aromatic rings. The Morgan fingerprint density at radius 2 is 2.12 bits per heavy atom. The molecule has 2 N–H and O–H groups in total. The molecule has 1 amide bonds. The number of carbonyl (C=O) groups excluding carboxylic acids is 1. The number of nitrogens with one attached hydrogen (secondary N) is 2. The van der Waals surface area contributed by atoms with Crippen LogP contribution in [-0.4, -0.2) is 26.0 Å². The lowest BCUT2D eigenvalue weighted by Gasteiger charge is -2.42. The third-order valence-corrected chi connectivity index (χ3v) is 4.48. The van der Waals surface area contributed by atoms with Crippen LogP contribution in [-0.2, 0) is 5.54 Å². The number of aromatic nitrogens is 4. The standard InChI is InChI=1S/C17H14FN5O3/c18-11-3-1-8-19-13(11)17(6-2-7-17)22-15(24)10-4-5-12(20-9-10)14-21-16(25)26-23-14/h1,3-5,8-9H,2,6-7H2,(H,22,24)(H,21,23,25). The SMILES string of the molecule is O=C(NC1(c2ncccc2F)CCC1)c1ccc(-c2noc(=O)[nH]2)nc1. The van der Waals surface area contributed by atoms with Gasteiger partial charge in [-0.15, -0.1) is 0 Å². The molecule has 8 nitrogen and oxygen atoms in total. The molecular formula is C17H14FN5O3. The Labute approximate surface area is 146 Å². The third kappa shape index (κ3) is 2.77. The van der Waals surface area contributed by atoms with Crippen molar-refractivity contribution >= 4 is 5.91 Å². The summed E-state index contributed by atoms with van der Waals surface area (Å²) in [7, 11) is 0. The van der Waals surface area contributed by atoms with Gasteiger partial charge < -0.3 is 5.32 Å². The summed E-state index contributed by atoms with van der Waals surface area (Å²) in [4.78, 5) is 34.2. The largest absolute Gasteiger partial charge is 0.439 e. The van der Waals surface area contributed by atoms with Crippen LogP contribution >= 0.6 is 0 Å². The van der Waals surface area contributed by atoms with Crippen LogP contribution in [0, 0.1) is 5.82 Å². The van der Waals surface area contributed by atoms with E-state index in [4.69, 9.17) is 0 Å². The number of amides is 1. The summed E-state index contributed by atoms with van der Waals surface area (Å²) in [5, 5.41) is 6.43. The van der Waals surface area contributed by atoms with E-state index in [1.807, 2.05) is 0 Å². The Balaban J connectivity index is 1.56. The van der Waals surface area contributed by atoms with Gasteiger partial charge in [-0.25, -0.2) is 9.18 Å². The molecule has 0 saturated heterocycles.